The van der Waals surface area contributed by atoms with Crippen molar-refractivity contribution in [3.05, 3.63) is 60.2 Å². The van der Waals surface area contributed by atoms with Gasteiger partial charge in [0.25, 0.3) is 0 Å². The van der Waals surface area contributed by atoms with E-state index in [1.807, 2.05) is 0 Å². The highest BCUT2D eigenvalue weighted by Crippen LogP contribution is 2.24. The second kappa shape index (κ2) is 5.72. The van der Waals surface area contributed by atoms with Crippen molar-refractivity contribution >= 4 is 5.97 Å². The SMILES string of the molecule is COC(=O)c1cc(-c2ccc(F)cc2)cc(-n2cnnn2)c1. The molecule has 0 aliphatic carbocycles. The van der Waals surface area contributed by atoms with Gasteiger partial charge >= 0.3 is 5.97 Å². The Labute approximate surface area is 125 Å². The van der Waals surface area contributed by atoms with Crippen molar-refractivity contribution in [2.75, 3.05) is 7.11 Å². The van der Waals surface area contributed by atoms with Gasteiger partial charge in [-0.1, -0.05) is 12.1 Å². The van der Waals surface area contributed by atoms with Crippen molar-refractivity contribution in [3.8, 4) is 16.8 Å². The highest BCUT2D eigenvalue weighted by atomic mass is 19.1. The van der Waals surface area contributed by atoms with Crippen LogP contribution in [0, 0.1) is 5.82 Å². The number of nitrogens with zero attached hydrogens (tertiary/aromatic N) is 4. The number of carbonyl (C=O) groups excluding carboxylic acids is 1. The second-order valence-corrected chi connectivity index (χ2v) is 4.52. The van der Waals surface area contributed by atoms with Crippen molar-refractivity contribution < 1.29 is 13.9 Å². The van der Waals surface area contributed by atoms with E-state index in [1.54, 1.807) is 30.3 Å². The van der Waals surface area contributed by atoms with Crippen molar-refractivity contribution in [1.82, 2.24) is 20.2 Å². The molecule has 0 aliphatic heterocycles. The van der Waals surface area contributed by atoms with Gasteiger partial charge in [-0.15, -0.1) is 5.10 Å². The molecule has 1 aromatic heterocycles. The third-order valence-electron chi connectivity index (χ3n) is 3.13. The van der Waals surface area contributed by atoms with Gasteiger partial charge in [-0.05, 0) is 51.9 Å². The molecule has 0 atom stereocenters. The maximum atomic E-state index is 13.1. The van der Waals surface area contributed by atoms with Crippen LogP contribution < -0.4 is 0 Å². The van der Waals surface area contributed by atoms with Gasteiger partial charge in [-0.2, -0.15) is 0 Å². The molecule has 1 heterocycles. The maximum Gasteiger partial charge on any atom is 0.337 e. The zero-order valence-corrected chi connectivity index (χ0v) is 11.6. The van der Waals surface area contributed by atoms with Gasteiger partial charge < -0.3 is 4.74 Å². The van der Waals surface area contributed by atoms with E-state index >= 15 is 0 Å². The Balaban J connectivity index is 2.14. The van der Waals surface area contributed by atoms with Gasteiger partial charge in [0, 0.05) is 0 Å². The van der Waals surface area contributed by atoms with Crippen molar-refractivity contribution in [2.24, 2.45) is 0 Å². The van der Waals surface area contributed by atoms with Gasteiger partial charge in [0.1, 0.15) is 12.1 Å². The lowest BCUT2D eigenvalue weighted by Crippen LogP contribution is -2.04. The lowest BCUT2D eigenvalue weighted by atomic mass is 10.0. The molecule has 0 radical (unpaired) electrons. The van der Waals surface area contributed by atoms with Crippen LogP contribution in [0.25, 0.3) is 16.8 Å². The van der Waals surface area contributed by atoms with Crippen molar-refractivity contribution in [3.63, 3.8) is 0 Å². The Hall–Kier alpha value is -3.09. The molecule has 0 aliphatic rings. The van der Waals surface area contributed by atoms with E-state index in [4.69, 9.17) is 4.74 Å². The van der Waals surface area contributed by atoms with Crippen LogP contribution in [0.3, 0.4) is 0 Å². The molecule has 0 saturated carbocycles. The standard InChI is InChI=1S/C15H11FN4O2/c1-22-15(21)12-6-11(10-2-4-13(16)5-3-10)7-14(8-12)20-9-17-18-19-20/h2-9H,1H3. The molecule has 0 spiro atoms. The average molecular weight is 298 g/mol. The van der Waals surface area contributed by atoms with Gasteiger partial charge in [0.2, 0.25) is 0 Å². The summed E-state index contributed by atoms with van der Waals surface area (Å²) >= 11 is 0. The summed E-state index contributed by atoms with van der Waals surface area (Å²) in [6.07, 6.45) is 1.42. The second-order valence-electron chi connectivity index (χ2n) is 4.52. The molecule has 0 bridgehead atoms. The number of hydrogen-bond acceptors (Lipinski definition) is 5. The molecule has 22 heavy (non-hydrogen) atoms. The Bertz CT molecular complexity index is 801. The van der Waals surface area contributed by atoms with Gasteiger partial charge in [0.15, 0.2) is 0 Å². The minimum Gasteiger partial charge on any atom is -0.465 e. The summed E-state index contributed by atoms with van der Waals surface area (Å²) in [6, 6.07) is 11.1. The summed E-state index contributed by atoms with van der Waals surface area (Å²) in [5.41, 5.74) is 2.46. The van der Waals surface area contributed by atoms with E-state index in [0.717, 1.165) is 11.1 Å². The molecule has 0 amide bonds. The number of ether oxygens (including phenoxy) is 1. The van der Waals surface area contributed by atoms with E-state index in [9.17, 15) is 9.18 Å². The third kappa shape index (κ3) is 2.69. The lowest BCUT2D eigenvalue weighted by molar-refractivity contribution is 0.0600. The first-order valence-electron chi connectivity index (χ1n) is 6.40. The molecule has 3 aromatic rings. The van der Waals surface area contributed by atoms with Gasteiger partial charge in [0.05, 0.1) is 18.4 Å². The Morgan fingerprint density at radius 1 is 1.14 bits per heavy atom. The predicted octanol–water partition coefficient (Wildman–Crippen LogP) is 2.25. The first-order chi connectivity index (χ1) is 10.7. The van der Waals surface area contributed by atoms with Crippen molar-refractivity contribution in [2.45, 2.75) is 0 Å². The Kier molecular flexibility index (Phi) is 3.61. The van der Waals surface area contributed by atoms with Crippen LogP contribution in [-0.4, -0.2) is 33.3 Å². The number of esters is 1. The predicted molar refractivity (Wildman–Crippen MR) is 75.9 cm³/mol. The number of carbonyl (C=O) groups is 1. The first-order valence-corrected chi connectivity index (χ1v) is 6.40. The summed E-state index contributed by atoms with van der Waals surface area (Å²) in [5, 5.41) is 11.0. The molecule has 7 heteroatoms. The number of methoxy groups -OCH3 is 1. The molecule has 0 fully saturated rings. The van der Waals surface area contributed by atoms with E-state index in [-0.39, 0.29) is 5.82 Å². The summed E-state index contributed by atoms with van der Waals surface area (Å²) < 4.78 is 19.3. The molecular formula is C15H11FN4O2. The van der Waals surface area contributed by atoms with Gasteiger partial charge in [-0.3, -0.25) is 0 Å². The maximum absolute atomic E-state index is 13.1. The Morgan fingerprint density at radius 2 is 1.91 bits per heavy atom. The van der Waals surface area contributed by atoms with E-state index < -0.39 is 5.97 Å². The molecule has 2 aromatic carbocycles. The number of halogens is 1. The van der Waals surface area contributed by atoms with Crippen LogP contribution in [0.1, 0.15) is 10.4 Å². The minimum absolute atomic E-state index is 0.325. The summed E-state index contributed by atoms with van der Waals surface area (Å²) in [6.45, 7) is 0. The number of rotatable bonds is 3. The molecule has 6 nitrogen and oxygen atoms in total. The van der Waals surface area contributed by atoms with E-state index in [0.29, 0.717) is 11.3 Å². The smallest absolute Gasteiger partial charge is 0.337 e. The van der Waals surface area contributed by atoms with Crippen LogP contribution in [0.15, 0.2) is 48.8 Å². The lowest BCUT2D eigenvalue weighted by Gasteiger charge is -2.08. The van der Waals surface area contributed by atoms with Crippen LogP contribution in [-0.2, 0) is 4.74 Å². The van der Waals surface area contributed by atoms with Crippen LogP contribution in [0.5, 0.6) is 0 Å². The average Bonchev–Trinajstić information content (AvgIpc) is 3.09. The molecule has 0 N–H and O–H groups in total. The van der Waals surface area contributed by atoms with Crippen LogP contribution in [0.2, 0.25) is 0 Å². The fraction of sp³-hybridized carbons (Fsp3) is 0.0667. The normalized spacial score (nSPS) is 10.5. The van der Waals surface area contributed by atoms with Crippen LogP contribution in [0.4, 0.5) is 4.39 Å². The third-order valence-corrected chi connectivity index (χ3v) is 3.13. The summed E-state index contributed by atoms with van der Waals surface area (Å²) in [7, 11) is 1.31. The quantitative estimate of drug-likeness (QED) is 0.694. The monoisotopic (exact) mass is 298 g/mol. The number of tetrazole rings is 1. The molecule has 3 rings (SSSR count). The van der Waals surface area contributed by atoms with Gasteiger partial charge in [-0.25, -0.2) is 13.9 Å². The fourth-order valence-corrected chi connectivity index (χ4v) is 2.07. The minimum atomic E-state index is -0.474. The molecule has 0 unspecified atom stereocenters. The number of benzene rings is 2. The largest absolute Gasteiger partial charge is 0.465 e. The zero-order chi connectivity index (χ0) is 15.5. The van der Waals surface area contributed by atoms with Crippen molar-refractivity contribution in [1.29, 1.82) is 0 Å². The molecule has 0 saturated heterocycles. The summed E-state index contributed by atoms with van der Waals surface area (Å²) in [4.78, 5) is 11.8. The topological polar surface area (TPSA) is 69.9 Å². The fourth-order valence-electron chi connectivity index (χ4n) is 2.07. The molecular weight excluding hydrogens is 287 g/mol. The number of aromatic nitrogens is 4. The van der Waals surface area contributed by atoms with E-state index in [1.165, 1.54) is 30.3 Å². The molecule has 110 valence electrons. The zero-order valence-electron chi connectivity index (χ0n) is 11.6. The number of hydrogen-bond donors (Lipinski definition) is 0. The van der Waals surface area contributed by atoms with E-state index in [2.05, 4.69) is 15.5 Å². The highest BCUT2D eigenvalue weighted by Gasteiger charge is 2.12. The first kappa shape index (κ1) is 13.9. The highest BCUT2D eigenvalue weighted by molar-refractivity contribution is 5.92. The van der Waals surface area contributed by atoms with Crippen LogP contribution >= 0.6 is 0 Å². The summed E-state index contributed by atoms with van der Waals surface area (Å²) in [5.74, 6) is -0.799. The Morgan fingerprint density at radius 3 is 2.55 bits per heavy atom.